The third kappa shape index (κ3) is 4.48. The number of nitrogens with zero attached hydrogens (tertiary/aromatic N) is 4. The number of carbonyl (C=O) groups is 1. The summed E-state index contributed by atoms with van der Waals surface area (Å²) >= 11 is 0. The van der Waals surface area contributed by atoms with Crippen molar-refractivity contribution in [3.63, 3.8) is 0 Å². The largest absolute Gasteiger partial charge is 0.411 e. The van der Waals surface area contributed by atoms with Crippen LogP contribution in [0.3, 0.4) is 0 Å². The van der Waals surface area contributed by atoms with Crippen LogP contribution in [0, 0.1) is 0 Å². The van der Waals surface area contributed by atoms with Crippen molar-refractivity contribution in [2.24, 2.45) is 10.3 Å². The minimum Gasteiger partial charge on any atom is -0.411 e. The molecule has 0 saturated carbocycles. The predicted octanol–water partition coefficient (Wildman–Crippen LogP) is 0.147. The first-order chi connectivity index (χ1) is 10.7. The molecule has 0 atom stereocenters. The summed E-state index contributed by atoms with van der Waals surface area (Å²) in [6.07, 6.45) is 9.58. The molecule has 0 saturated heterocycles. The lowest BCUT2D eigenvalue weighted by atomic mass is 10.3. The van der Waals surface area contributed by atoms with E-state index in [9.17, 15) is 4.79 Å². The van der Waals surface area contributed by atoms with E-state index < -0.39 is 0 Å². The molecule has 22 heavy (non-hydrogen) atoms. The maximum absolute atomic E-state index is 12.1. The lowest BCUT2D eigenvalue weighted by Gasteiger charge is -1.97. The van der Waals surface area contributed by atoms with Gasteiger partial charge in [0.1, 0.15) is 0 Å². The van der Waals surface area contributed by atoms with Gasteiger partial charge in [0.2, 0.25) is 13.1 Å². The Hall–Kier alpha value is -3.09. The molecule has 2 rings (SSSR count). The van der Waals surface area contributed by atoms with Gasteiger partial charge in [-0.15, -0.1) is 0 Å². The van der Waals surface area contributed by atoms with Gasteiger partial charge in [0, 0.05) is 12.1 Å². The number of hydrogen-bond acceptors (Lipinski definition) is 5. The summed E-state index contributed by atoms with van der Waals surface area (Å²) in [5, 5.41) is 23.0. The zero-order valence-corrected chi connectivity index (χ0v) is 11.8. The molecular formula is C15H16N4O3+2. The van der Waals surface area contributed by atoms with Gasteiger partial charge in [-0.2, -0.15) is 9.13 Å². The van der Waals surface area contributed by atoms with Crippen molar-refractivity contribution in [2.45, 2.75) is 13.1 Å². The Bertz CT molecular complexity index is 654. The van der Waals surface area contributed by atoms with Crippen LogP contribution in [0.15, 0.2) is 59.4 Å². The zero-order chi connectivity index (χ0) is 15.8. The highest BCUT2D eigenvalue weighted by molar-refractivity contribution is 5.79. The first-order valence-corrected chi connectivity index (χ1v) is 6.56. The number of aromatic nitrogens is 2. The molecule has 2 aromatic rings. The van der Waals surface area contributed by atoms with E-state index in [1.807, 2.05) is 0 Å². The molecule has 0 fully saturated rings. The van der Waals surface area contributed by atoms with Gasteiger partial charge in [0.25, 0.3) is 5.78 Å². The Labute approximate surface area is 127 Å². The molecule has 0 aliphatic rings. The van der Waals surface area contributed by atoms with Crippen LogP contribution >= 0.6 is 0 Å². The Kier molecular flexibility index (Phi) is 5.31. The van der Waals surface area contributed by atoms with Gasteiger partial charge in [-0.1, -0.05) is 10.3 Å². The molecule has 2 heterocycles. The highest BCUT2D eigenvalue weighted by Gasteiger charge is 2.15. The monoisotopic (exact) mass is 300 g/mol. The molecule has 2 aromatic heterocycles. The average Bonchev–Trinajstić information content (AvgIpc) is 2.48. The van der Waals surface area contributed by atoms with Crippen LogP contribution in [-0.4, -0.2) is 28.6 Å². The van der Waals surface area contributed by atoms with Crippen molar-refractivity contribution < 1.29 is 24.3 Å². The van der Waals surface area contributed by atoms with Crippen LogP contribution in [0.1, 0.15) is 11.1 Å². The minimum absolute atomic E-state index is 0.00572. The van der Waals surface area contributed by atoms with E-state index in [-0.39, 0.29) is 18.9 Å². The maximum Gasteiger partial charge on any atom is 0.261 e. The van der Waals surface area contributed by atoms with E-state index in [0.717, 1.165) is 0 Å². The second-order valence-electron chi connectivity index (χ2n) is 4.65. The molecule has 0 unspecified atom stereocenters. The molecule has 0 aromatic carbocycles. The summed E-state index contributed by atoms with van der Waals surface area (Å²) < 4.78 is 3.44. The topological polar surface area (TPSA) is 90.0 Å². The van der Waals surface area contributed by atoms with Crippen molar-refractivity contribution >= 4 is 18.2 Å². The summed E-state index contributed by atoms with van der Waals surface area (Å²) in [4.78, 5) is 12.1. The maximum atomic E-state index is 12.1. The molecule has 0 aliphatic heterocycles. The van der Waals surface area contributed by atoms with Gasteiger partial charge in [-0.25, -0.2) is 0 Å². The van der Waals surface area contributed by atoms with Gasteiger partial charge in [-0.3, -0.25) is 4.79 Å². The molecule has 2 N–H and O–H groups in total. The number of carbonyl (C=O) groups excluding carboxylic acids is 1. The SMILES string of the molecule is O=C(C[n+]1cccc(/C=N\O)c1)C[n+]1cccc(/C=N\O)c1. The third-order valence-corrected chi connectivity index (χ3v) is 2.89. The van der Waals surface area contributed by atoms with Crippen LogP contribution in [0.5, 0.6) is 0 Å². The molecule has 7 nitrogen and oxygen atoms in total. The fraction of sp³-hybridized carbons (Fsp3) is 0.133. The number of rotatable bonds is 6. The van der Waals surface area contributed by atoms with Crippen LogP contribution < -0.4 is 9.13 Å². The fourth-order valence-electron chi connectivity index (χ4n) is 2.02. The van der Waals surface area contributed by atoms with E-state index in [2.05, 4.69) is 10.3 Å². The first-order valence-electron chi connectivity index (χ1n) is 6.56. The molecule has 112 valence electrons. The van der Waals surface area contributed by atoms with Crippen LogP contribution in [0.4, 0.5) is 0 Å². The minimum atomic E-state index is 0.00572. The summed E-state index contributed by atoms with van der Waals surface area (Å²) in [6, 6.07) is 7.09. The highest BCUT2D eigenvalue weighted by atomic mass is 16.4. The first kappa shape index (κ1) is 15.3. The molecule has 0 amide bonds. The van der Waals surface area contributed by atoms with Gasteiger partial charge < -0.3 is 10.4 Å². The summed E-state index contributed by atoms with van der Waals surface area (Å²) in [5.41, 5.74) is 1.40. The van der Waals surface area contributed by atoms with E-state index in [1.54, 1.807) is 58.2 Å². The number of Topliss-reactive ketones (excluding diaryl/α,β-unsaturated/α-hetero) is 1. The van der Waals surface area contributed by atoms with Gasteiger partial charge in [-0.05, 0) is 12.1 Å². The summed E-state index contributed by atoms with van der Waals surface area (Å²) in [7, 11) is 0. The van der Waals surface area contributed by atoms with Gasteiger partial charge >= 0.3 is 0 Å². The molecule has 7 heteroatoms. The van der Waals surface area contributed by atoms with Gasteiger partial charge in [0.15, 0.2) is 24.8 Å². The summed E-state index contributed by atoms with van der Waals surface area (Å²) in [6.45, 7) is 0.414. The lowest BCUT2D eigenvalue weighted by molar-refractivity contribution is -0.702. The zero-order valence-electron chi connectivity index (χ0n) is 11.8. The molecule has 0 spiro atoms. The Morgan fingerprint density at radius 1 is 0.955 bits per heavy atom. The Balaban J connectivity index is 2.03. The van der Waals surface area contributed by atoms with Crippen molar-refractivity contribution in [3.8, 4) is 0 Å². The normalized spacial score (nSPS) is 11.3. The quantitative estimate of drug-likeness (QED) is 0.344. The number of pyridine rings is 2. The van der Waals surface area contributed by atoms with Crippen LogP contribution in [-0.2, 0) is 17.9 Å². The number of oxime groups is 2. The second-order valence-corrected chi connectivity index (χ2v) is 4.65. The van der Waals surface area contributed by atoms with Gasteiger partial charge in [0.05, 0.1) is 23.6 Å². The molecule has 0 bridgehead atoms. The third-order valence-electron chi connectivity index (χ3n) is 2.89. The van der Waals surface area contributed by atoms with Crippen molar-refractivity contribution in [1.82, 2.24) is 0 Å². The van der Waals surface area contributed by atoms with Crippen molar-refractivity contribution in [3.05, 3.63) is 60.2 Å². The summed E-state index contributed by atoms with van der Waals surface area (Å²) in [5.74, 6) is 0.00572. The van der Waals surface area contributed by atoms with Crippen molar-refractivity contribution in [2.75, 3.05) is 0 Å². The van der Waals surface area contributed by atoms with E-state index in [4.69, 9.17) is 10.4 Å². The Morgan fingerprint density at radius 3 is 1.82 bits per heavy atom. The molecule has 0 aliphatic carbocycles. The smallest absolute Gasteiger partial charge is 0.261 e. The standard InChI is InChI=1S/C15H14N4O3/c20-15(11-18-5-1-3-13(9-18)7-16-21)12-19-6-2-4-14(10-19)8-17-22/h1-10H,11-12H2/p+2/b16-7-,17-8-. The molecule has 0 radical (unpaired) electrons. The van der Waals surface area contributed by atoms with Crippen LogP contribution in [0.2, 0.25) is 0 Å². The van der Waals surface area contributed by atoms with E-state index in [0.29, 0.717) is 11.1 Å². The Morgan fingerprint density at radius 2 is 1.41 bits per heavy atom. The predicted molar refractivity (Wildman–Crippen MR) is 77.0 cm³/mol. The number of hydrogen-bond donors (Lipinski definition) is 2. The highest BCUT2D eigenvalue weighted by Crippen LogP contribution is 1.91. The van der Waals surface area contributed by atoms with E-state index >= 15 is 0 Å². The number of ketones is 1. The average molecular weight is 300 g/mol. The van der Waals surface area contributed by atoms with Crippen molar-refractivity contribution in [1.29, 1.82) is 0 Å². The molecular weight excluding hydrogens is 284 g/mol. The fourth-order valence-corrected chi connectivity index (χ4v) is 2.02. The van der Waals surface area contributed by atoms with Crippen LogP contribution in [0.25, 0.3) is 0 Å². The second kappa shape index (κ2) is 7.63. The lowest BCUT2D eigenvalue weighted by Crippen LogP contribution is -2.45. The van der Waals surface area contributed by atoms with E-state index in [1.165, 1.54) is 12.4 Å².